The molecule has 0 saturated carbocycles. The molecular formula is C19H26N2O5. The number of nitrogens with one attached hydrogen (secondary N) is 1. The summed E-state index contributed by atoms with van der Waals surface area (Å²) in [6.07, 6.45) is 2.42. The van der Waals surface area contributed by atoms with E-state index in [4.69, 9.17) is 4.74 Å². The lowest BCUT2D eigenvalue weighted by Crippen LogP contribution is -2.53. The zero-order chi connectivity index (χ0) is 19.1. The first-order valence-electron chi connectivity index (χ1n) is 9.01. The Morgan fingerprint density at radius 3 is 2.73 bits per heavy atom. The molecule has 7 heteroatoms. The van der Waals surface area contributed by atoms with Crippen molar-refractivity contribution in [2.24, 2.45) is 0 Å². The number of para-hydroxylation sites is 1. The van der Waals surface area contributed by atoms with Gasteiger partial charge in [0.15, 0.2) is 0 Å². The van der Waals surface area contributed by atoms with Crippen LogP contribution < -0.4 is 10.2 Å². The lowest BCUT2D eigenvalue weighted by Gasteiger charge is -2.27. The number of ether oxygens (including phenoxy) is 1. The van der Waals surface area contributed by atoms with E-state index < -0.39 is 24.6 Å². The smallest absolute Gasteiger partial charge is 0.323 e. The lowest BCUT2D eigenvalue weighted by atomic mass is 10.0. The highest BCUT2D eigenvalue weighted by atomic mass is 16.5. The van der Waals surface area contributed by atoms with Crippen molar-refractivity contribution in [1.29, 1.82) is 0 Å². The quantitative estimate of drug-likeness (QED) is 0.684. The van der Waals surface area contributed by atoms with E-state index >= 15 is 0 Å². The predicted octanol–water partition coefficient (Wildman–Crippen LogP) is 1.74. The molecule has 0 saturated heterocycles. The summed E-state index contributed by atoms with van der Waals surface area (Å²) in [4.78, 5) is 37.7. The molecule has 0 aromatic heterocycles. The Balaban J connectivity index is 2.26. The maximum Gasteiger partial charge on any atom is 0.323 e. The van der Waals surface area contributed by atoms with Crippen LogP contribution in [0.3, 0.4) is 0 Å². The van der Waals surface area contributed by atoms with Crippen LogP contribution in [-0.2, 0) is 25.5 Å². The topological polar surface area (TPSA) is 95.9 Å². The molecule has 1 amide bonds. The van der Waals surface area contributed by atoms with Crippen molar-refractivity contribution in [2.75, 3.05) is 18.1 Å². The first kappa shape index (κ1) is 19.9. The number of rotatable bonds is 8. The van der Waals surface area contributed by atoms with E-state index in [9.17, 15) is 19.5 Å². The maximum atomic E-state index is 13.0. The number of carbonyl (C=O) groups is 3. The number of esters is 1. The Bertz CT molecular complexity index is 661. The van der Waals surface area contributed by atoms with Crippen LogP contribution in [0.4, 0.5) is 5.69 Å². The second-order valence-corrected chi connectivity index (χ2v) is 6.30. The molecule has 142 valence electrons. The summed E-state index contributed by atoms with van der Waals surface area (Å²) in [6.45, 7) is 3.56. The van der Waals surface area contributed by atoms with Crippen molar-refractivity contribution in [3.8, 4) is 0 Å². The molecule has 26 heavy (non-hydrogen) atoms. The molecule has 2 atom stereocenters. The van der Waals surface area contributed by atoms with Crippen LogP contribution >= 0.6 is 0 Å². The SMILES string of the molecule is CCCC(NC1CCc2ccccc2N(CC(=O)O)C1=O)C(=O)OCC. The van der Waals surface area contributed by atoms with Crippen molar-refractivity contribution >= 4 is 23.5 Å². The summed E-state index contributed by atoms with van der Waals surface area (Å²) in [7, 11) is 0. The maximum absolute atomic E-state index is 13.0. The summed E-state index contributed by atoms with van der Waals surface area (Å²) in [5.41, 5.74) is 1.54. The van der Waals surface area contributed by atoms with Crippen molar-refractivity contribution < 1.29 is 24.2 Å². The van der Waals surface area contributed by atoms with Crippen LogP contribution in [0.1, 0.15) is 38.7 Å². The molecule has 1 aliphatic heterocycles. The minimum Gasteiger partial charge on any atom is -0.480 e. The Labute approximate surface area is 153 Å². The second-order valence-electron chi connectivity index (χ2n) is 6.30. The monoisotopic (exact) mass is 362 g/mol. The van der Waals surface area contributed by atoms with Gasteiger partial charge in [0.05, 0.1) is 12.6 Å². The fourth-order valence-electron chi connectivity index (χ4n) is 3.21. The van der Waals surface area contributed by atoms with Crippen molar-refractivity contribution in [3.05, 3.63) is 29.8 Å². The Morgan fingerprint density at radius 2 is 2.08 bits per heavy atom. The van der Waals surface area contributed by atoms with Crippen LogP contribution in [0.5, 0.6) is 0 Å². The van der Waals surface area contributed by atoms with Gasteiger partial charge in [0.1, 0.15) is 12.6 Å². The zero-order valence-corrected chi connectivity index (χ0v) is 15.2. The van der Waals surface area contributed by atoms with Gasteiger partial charge in [0, 0.05) is 5.69 Å². The third kappa shape index (κ3) is 4.82. The number of aryl methyl sites for hydroxylation is 1. The van der Waals surface area contributed by atoms with E-state index in [0.717, 1.165) is 12.0 Å². The summed E-state index contributed by atoms with van der Waals surface area (Å²) in [5, 5.41) is 12.3. The van der Waals surface area contributed by atoms with E-state index in [0.29, 0.717) is 24.9 Å². The van der Waals surface area contributed by atoms with Crippen LogP contribution in [0.2, 0.25) is 0 Å². The molecule has 7 nitrogen and oxygen atoms in total. The lowest BCUT2D eigenvalue weighted by molar-refractivity contribution is -0.146. The standard InChI is InChI=1S/C19H26N2O5/c1-3-7-15(19(25)26-4-2)20-14-11-10-13-8-5-6-9-16(13)21(18(14)24)12-17(22)23/h5-6,8-9,14-15,20H,3-4,7,10-12H2,1-2H3,(H,22,23). The van der Waals surface area contributed by atoms with Gasteiger partial charge in [-0.3, -0.25) is 24.6 Å². The third-order valence-corrected chi connectivity index (χ3v) is 4.39. The molecule has 0 fully saturated rings. The summed E-state index contributed by atoms with van der Waals surface area (Å²) in [5.74, 6) is -1.79. The van der Waals surface area contributed by atoms with E-state index in [1.54, 1.807) is 19.1 Å². The second kappa shape index (κ2) is 9.33. The predicted molar refractivity (Wildman–Crippen MR) is 97.0 cm³/mol. The van der Waals surface area contributed by atoms with E-state index in [1.807, 2.05) is 19.1 Å². The number of amides is 1. The third-order valence-electron chi connectivity index (χ3n) is 4.39. The van der Waals surface area contributed by atoms with Crippen LogP contribution in [0.15, 0.2) is 24.3 Å². The van der Waals surface area contributed by atoms with Gasteiger partial charge in [0.25, 0.3) is 0 Å². The Kier molecular flexibility index (Phi) is 7.15. The number of hydrogen-bond donors (Lipinski definition) is 2. The largest absolute Gasteiger partial charge is 0.480 e. The molecule has 1 heterocycles. The highest BCUT2D eigenvalue weighted by Crippen LogP contribution is 2.27. The van der Waals surface area contributed by atoms with Gasteiger partial charge in [-0.2, -0.15) is 0 Å². The highest BCUT2D eigenvalue weighted by Gasteiger charge is 2.34. The fourth-order valence-corrected chi connectivity index (χ4v) is 3.21. The van der Waals surface area contributed by atoms with E-state index in [1.165, 1.54) is 4.90 Å². The molecule has 0 radical (unpaired) electrons. The molecule has 0 spiro atoms. The minimum atomic E-state index is -1.08. The first-order chi connectivity index (χ1) is 12.5. The van der Waals surface area contributed by atoms with Gasteiger partial charge >= 0.3 is 11.9 Å². The van der Waals surface area contributed by atoms with Crippen LogP contribution in [0, 0.1) is 0 Å². The van der Waals surface area contributed by atoms with Crippen LogP contribution in [-0.4, -0.2) is 48.2 Å². The zero-order valence-electron chi connectivity index (χ0n) is 15.2. The molecule has 1 aliphatic rings. The molecule has 0 bridgehead atoms. The number of benzene rings is 1. The normalized spacial score (nSPS) is 18.0. The number of aliphatic carboxylic acids is 1. The molecule has 0 aliphatic carbocycles. The average Bonchev–Trinajstić information content (AvgIpc) is 2.73. The number of carboxylic acids is 1. The molecule has 2 rings (SSSR count). The fraction of sp³-hybridized carbons (Fsp3) is 0.526. The molecule has 1 aromatic rings. The van der Waals surface area contributed by atoms with Gasteiger partial charge in [-0.1, -0.05) is 31.5 Å². The van der Waals surface area contributed by atoms with Gasteiger partial charge < -0.3 is 9.84 Å². The minimum absolute atomic E-state index is 0.274. The summed E-state index contributed by atoms with van der Waals surface area (Å²) < 4.78 is 5.10. The number of hydrogen-bond acceptors (Lipinski definition) is 5. The van der Waals surface area contributed by atoms with E-state index in [2.05, 4.69) is 5.32 Å². The van der Waals surface area contributed by atoms with Crippen LogP contribution in [0.25, 0.3) is 0 Å². The van der Waals surface area contributed by atoms with Crippen molar-refractivity contribution in [2.45, 2.75) is 51.6 Å². The van der Waals surface area contributed by atoms with Gasteiger partial charge in [-0.25, -0.2) is 0 Å². The van der Waals surface area contributed by atoms with Crippen molar-refractivity contribution in [3.63, 3.8) is 0 Å². The molecule has 2 unspecified atom stereocenters. The number of carbonyl (C=O) groups excluding carboxylic acids is 2. The van der Waals surface area contributed by atoms with E-state index in [-0.39, 0.29) is 18.5 Å². The van der Waals surface area contributed by atoms with Crippen molar-refractivity contribution in [1.82, 2.24) is 5.32 Å². The molecule has 2 N–H and O–H groups in total. The highest BCUT2D eigenvalue weighted by molar-refractivity contribution is 6.02. The number of fused-ring (bicyclic) bond motifs is 1. The molecular weight excluding hydrogens is 336 g/mol. The summed E-state index contributed by atoms with van der Waals surface area (Å²) >= 11 is 0. The number of carboxylic acid groups (broad SMARTS) is 1. The first-order valence-corrected chi connectivity index (χ1v) is 9.01. The van der Waals surface area contributed by atoms with Gasteiger partial charge in [-0.05, 0) is 37.8 Å². The number of nitrogens with zero attached hydrogens (tertiary/aromatic N) is 1. The van der Waals surface area contributed by atoms with Gasteiger partial charge in [-0.15, -0.1) is 0 Å². The summed E-state index contributed by atoms with van der Waals surface area (Å²) in [6, 6.07) is 6.09. The molecule has 1 aromatic carbocycles. The average molecular weight is 362 g/mol. The number of anilines is 1. The van der Waals surface area contributed by atoms with Gasteiger partial charge in [0.2, 0.25) is 5.91 Å². The Morgan fingerprint density at radius 1 is 1.35 bits per heavy atom. The Hall–Kier alpha value is -2.41.